The van der Waals surface area contributed by atoms with Crippen molar-refractivity contribution in [3.8, 4) is 34.1 Å². The van der Waals surface area contributed by atoms with Crippen LogP contribution in [0, 0.1) is 41.5 Å². The maximum absolute atomic E-state index is 2.36. The van der Waals surface area contributed by atoms with E-state index in [2.05, 4.69) is 506 Å². The van der Waals surface area contributed by atoms with Crippen molar-refractivity contribution in [2.24, 2.45) is 0 Å². The summed E-state index contributed by atoms with van der Waals surface area (Å²) in [6, 6.07) is 155. The minimum atomic E-state index is 1.21. The highest BCUT2D eigenvalue weighted by Gasteiger charge is 2.19. The molecule has 0 saturated heterocycles. The van der Waals surface area contributed by atoms with E-state index in [4.69, 9.17) is 0 Å². The maximum atomic E-state index is 2.36. The van der Waals surface area contributed by atoms with Gasteiger partial charge in [0.05, 0.1) is 66.2 Å². The minimum absolute atomic E-state index is 1.21. The number of fused-ring (bicyclic) bond motifs is 18. The largest absolute Gasteiger partial charge is 0.309 e. The van der Waals surface area contributed by atoms with Crippen molar-refractivity contribution in [2.45, 2.75) is 41.5 Å². The normalized spacial score (nSPS) is 11.2. The van der Waals surface area contributed by atoms with Gasteiger partial charge in [0.25, 0.3) is 0 Å². The van der Waals surface area contributed by atoms with E-state index in [-0.39, 0.29) is 0 Å². The Bertz CT molecular complexity index is 7650. The van der Waals surface area contributed by atoms with E-state index < -0.39 is 0 Å². The second-order valence-corrected chi connectivity index (χ2v) is 31.1. The standard InChI is InChI=1S/6C19H15N/c1-14-7-6-8-15(13-14)20-18-11-4-2-9-16(18)17-10-3-5-12-19(17)20;1-14-10-12-15(13-11-14)20-18-8-4-2-6-16(18)17-7-3-5-9-19(17)20;1-14-8-7-12-17-16-11-5-6-13-18(16)20(19(14)17)15-9-3-2-4-10-15;1-14-8-7-13-18-19(14)16-11-5-6-12-17(16)20(18)15-9-3-2-4-10-15;1-14-11-12-19-17(13-14)16-9-5-6-10-18(16)20(19)15-7-3-2-4-8-15;1-14-11-12-17-16-9-5-6-10-18(16)20(19(17)13-14)15-7-3-2-4-8-15/h6*2-13H,1H3. The van der Waals surface area contributed by atoms with E-state index in [1.165, 1.54) is 198 Å². The molecular weight excluding hydrogens is 1450 g/mol. The van der Waals surface area contributed by atoms with Crippen LogP contribution in [0.3, 0.4) is 0 Å². The van der Waals surface area contributed by atoms with E-state index >= 15 is 0 Å². The summed E-state index contributed by atoms with van der Waals surface area (Å²) in [5, 5.41) is 15.8. The summed E-state index contributed by atoms with van der Waals surface area (Å²) in [5.74, 6) is 0. The Balaban J connectivity index is 0.0000000952. The first-order valence-corrected chi connectivity index (χ1v) is 41.4. The molecule has 0 unspecified atom stereocenters. The van der Waals surface area contributed by atoms with Crippen molar-refractivity contribution >= 4 is 131 Å². The fourth-order valence-electron chi connectivity index (χ4n) is 17.8. The lowest BCUT2D eigenvalue weighted by Gasteiger charge is -2.08. The topological polar surface area (TPSA) is 29.6 Å². The third kappa shape index (κ3) is 14.1. The van der Waals surface area contributed by atoms with E-state index in [9.17, 15) is 0 Å². The Labute approximate surface area is 699 Å². The van der Waals surface area contributed by atoms with Crippen molar-refractivity contribution in [3.63, 3.8) is 0 Å². The molecule has 18 aromatic carbocycles. The van der Waals surface area contributed by atoms with Crippen LogP contribution in [0.2, 0.25) is 0 Å². The highest BCUT2D eigenvalue weighted by Crippen LogP contribution is 2.40. The molecule has 6 heteroatoms. The smallest absolute Gasteiger partial charge is 0.0570 e. The highest BCUT2D eigenvalue weighted by atomic mass is 15.0. The summed E-state index contributed by atoms with van der Waals surface area (Å²) in [6.45, 7) is 12.9. The average Bonchev–Trinajstić information content (AvgIpc) is 1.65. The second-order valence-electron chi connectivity index (χ2n) is 31.1. The molecule has 0 aliphatic carbocycles. The molecule has 0 aliphatic heterocycles. The zero-order chi connectivity index (χ0) is 81.2. The molecule has 0 N–H and O–H groups in total. The van der Waals surface area contributed by atoms with Gasteiger partial charge in [-0.3, -0.25) is 0 Å². The number of benzene rings is 18. The van der Waals surface area contributed by atoms with Gasteiger partial charge < -0.3 is 27.4 Å². The van der Waals surface area contributed by atoms with E-state index in [0.717, 1.165) is 0 Å². The average molecular weight is 1540 g/mol. The zero-order valence-electron chi connectivity index (χ0n) is 68.3. The molecule has 6 heterocycles. The number of hydrogen-bond acceptors (Lipinski definition) is 0. The van der Waals surface area contributed by atoms with Crippen molar-refractivity contribution in [3.05, 3.63) is 470 Å². The lowest BCUT2D eigenvalue weighted by atomic mass is 10.1. The molecule has 0 aliphatic rings. The van der Waals surface area contributed by atoms with E-state index in [1.54, 1.807) is 0 Å². The molecule has 0 fully saturated rings. The first-order chi connectivity index (χ1) is 59.1. The van der Waals surface area contributed by atoms with Gasteiger partial charge in [0, 0.05) is 98.8 Å². The summed E-state index contributed by atoms with van der Waals surface area (Å²) in [4.78, 5) is 0. The van der Waals surface area contributed by atoms with Gasteiger partial charge in [0.1, 0.15) is 0 Å². The third-order valence-corrected chi connectivity index (χ3v) is 23.2. The predicted molar refractivity (Wildman–Crippen MR) is 513 cm³/mol. The number of para-hydroxylation sites is 13. The lowest BCUT2D eigenvalue weighted by molar-refractivity contribution is 1.17. The van der Waals surface area contributed by atoms with Gasteiger partial charge in [-0.1, -0.05) is 302 Å². The molecule has 24 rings (SSSR count). The summed E-state index contributed by atoms with van der Waals surface area (Å²) in [7, 11) is 0. The van der Waals surface area contributed by atoms with Crippen molar-refractivity contribution in [2.75, 3.05) is 0 Å². The number of hydrogen-bond donors (Lipinski definition) is 0. The Morgan fingerprint density at radius 2 is 0.400 bits per heavy atom. The number of aromatic nitrogens is 6. The SMILES string of the molecule is Cc1ccc(-n2c3ccccc3c3ccccc32)cc1.Cc1ccc2c(c1)c1ccccc1n2-c1ccccc1.Cc1ccc2c3ccccc3n(-c3ccccc3)c2c1.Cc1cccc(-n2c3ccccc3c3ccccc32)c1.Cc1cccc2c1c1ccccc1n2-c1ccccc1.Cc1cccc2c3ccccc3n(-c3ccccc3)c12. The zero-order valence-corrected chi connectivity index (χ0v) is 68.3. The molecule has 0 atom stereocenters. The number of aryl methyl sites for hydroxylation is 6. The first-order valence-electron chi connectivity index (χ1n) is 41.4. The molecule has 0 saturated carbocycles. The first kappa shape index (κ1) is 74.8. The fraction of sp³-hybridized carbons (Fsp3) is 0.0526. The monoisotopic (exact) mass is 1540 g/mol. The van der Waals surface area contributed by atoms with Crippen LogP contribution in [-0.2, 0) is 0 Å². The Kier molecular flexibility index (Phi) is 20.5. The van der Waals surface area contributed by atoms with Gasteiger partial charge in [0.2, 0.25) is 0 Å². The van der Waals surface area contributed by atoms with Crippen molar-refractivity contribution < 1.29 is 0 Å². The van der Waals surface area contributed by atoms with E-state index in [1.807, 2.05) is 0 Å². The van der Waals surface area contributed by atoms with Crippen LogP contribution in [0.1, 0.15) is 33.4 Å². The Hall–Kier alpha value is -15.2. The van der Waals surface area contributed by atoms with Gasteiger partial charge in [0.15, 0.2) is 0 Å². The van der Waals surface area contributed by atoms with Crippen molar-refractivity contribution in [1.82, 2.24) is 27.4 Å². The van der Waals surface area contributed by atoms with Gasteiger partial charge in [-0.15, -0.1) is 0 Å². The summed E-state index contributed by atoms with van der Waals surface area (Å²) in [6.07, 6.45) is 0. The van der Waals surface area contributed by atoms with Crippen LogP contribution in [0.4, 0.5) is 0 Å². The number of nitrogens with zero attached hydrogens (tertiary/aromatic N) is 6. The number of rotatable bonds is 6. The minimum Gasteiger partial charge on any atom is -0.309 e. The molecule has 6 aromatic heterocycles. The predicted octanol–water partition coefficient (Wildman–Crippen LogP) is 30.6. The van der Waals surface area contributed by atoms with Crippen LogP contribution >= 0.6 is 0 Å². The Morgan fingerprint density at radius 3 is 0.858 bits per heavy atom. The summed E-state index contributed by atoms with van der Waals surface area (Å²) < 4.78 is 14.1. The summed E-state index contributed by atoms with van der Waals surface area (Å²) >= 11 is 0. The second kappa shape index (κ2) is 32.8. The van der Waals surface area contributed by atoms with Gasteiger partial charge in [-0.25, -0.2) is 0 Å². The van der Waals surface area contributed by atoms with Gasteiger partial charge in [-0.2, -0.15) is 0 Å². The van der Waals surface area contributed by atoms with Crippen LogP contribution in [0.5, 0.6) is 0 Å². The molecule has 120 heavy (non-hydrogen) atoms. The molecule has 0 amide bonds. The van der Waals surface area contributed by atoms with Gasteiger partial charge >= 0.3 is 0 Å². The highest BCUT2D eigenvalue weighted by molar-refractivity contribution is 6.15. The quantitative estimate of drug-likeness (QED) is 0.159. The van der Waals surface area contributed by atoms with Crippen LogP contribution in [0.15, 0.2) is 437 Å². The molecular formula is C114H90N6. The molecule has 576 valence electrons. The molecule has 0 bridgehead atoms. The van der Waals surface area contributed by atoms with Crippen molar-refractivity contribution in [1.29, 1.82) is 0 Å². The Morgan fingerprint density at radius 1 is 0.133 bits per heavy atom. The maximum Gasteiger partial charge on any atom is 0.0570 e. The summed E-state index contributed by atoms with van der Waals surface area (Å²) in [5.41, 5.74) is 30.3. The van der Waals surface area contributed by atoms with Crippen LogP contribution in [0.25, 0.3) is 165 Å². The van der Waals surface area contributed by atoms with Gasteiger partial charge in [-0.05, 0) is 209 Å². The van der Waals surface area contributed by atoms with Crippen LogP contribution < -0.4 is 0 Å². The third-order valence-electron chi connectivity index (χ3n) is 23.2. The lowest BCUT2D eigenvalue weighted by Crippen LogP contribution is -1.94. The fourth-order valence-corrected chi connectivity index (χ4v) is 17.8. The molecule has 0 spiro atoms. The molecule has 0 radical (unpaired) electrons. The van der Waals surface area contributed by atoms with Crippen LogP contribution in [-0.4, -0.2) is 27.4 Å². The molecule has 24 aromatic rings. The molecule has 6 nitrogen and oxygen atoms in total. The van der Waals surface area contributed by atoms with E-state index in [0.29, 0.717) is 0 Å².